The second-order valence-electron chi connectivity index (χ2n) is 4.14. The molecule has 1 aromatic carbocycles. The molecule has 0 spiro atoms. The zero-order chi connectivity index (χ0) is 10.8. The molecule has 4 heteroatoms. The Bertz CT molecular complexity index is 355. The van der Waals surface area contributed by atoms with Crippen LogP contribution in [0.25, 0.3) is 0 Å². The van der Waals surface area contributed by atoms with Crippen LogP contribution in [0.4, 0.5) is 4.39 Å². The predicted molar refractivity (Wildman–Crippen MR) is 64.5 cm³/mol. The van der Waals surface area contributed by atoms with Gasteiger partial charge in [0, 0.05) is 11.6 Å². The number of ether oxygens (including phenoxy) is 1. The number of nitrogens with two attached hydrogens (primary N) is 1. The molecule has 1 aromatic rings. The van der Waals surface area contributed by atoms with Crippen molar-refractivity contribution in [2.75, 3.05) is 7.11 Å². The van der Waals surface area contributed by atoms with E-state index in [4.69, 9.17) is 10.5 Å². The van der Waals surface area contributed by atoms with Gasteiger partial charge in [0.1, 0.15) is 11.6 Å². The van der Waals surface area contributed by atoms with Crippen molar-refractivity contribution < 1.29 is 9.13 Å². The summed E-state index contributed by atoms with van der Waals surface area (Å²) >= 11 is 0. The second kappa shape index (κ2) is 5.51. The Morgan fingerprint density at radius 1 is 1.50 bits per heavy atom. The molecule has 90 valence electrons. The van der Waals surface area contributed by atoms with Gasteiger partial charge in [-0.3, -0.25) is 0 Å². The van der Waals surface area contributed by atoms with E-state index in [1.54, 1.807) is 19.2 Å². The Balaban J connectivity index is 0.00000128. The maximum Gasteiger partial charge on any atom is 0.131 e. The van der Waals surface area contributed by atoms with Crippen molar-refractivity contribution in [1.29, 1.82) is 0 Å². The lowest BCUT2D eigenvalue weighted by Crippen LogP contribution is -2.14. The van der Waals surface area contributed by atoms with Crippen LogP contribution in [-0.2, 0) is 0 Å². The molecule has 16 heavy (non-hydrogen) atoms. The SMILES string of the molecule is COc1cccc(F)c1[C@H](N)CC1CC1.Cl. The highest BCUT2D eigenvalue weighted by Gasteiger charge is 2.27. The van der Waals surface area contributed by atoms with Crippen LogP contribution in [0.5, 0.6) is 5.75 Å². The Kier molecular flexibility index (Phi) is 4.56. The lowest BCUT2D eigenvalue weighted by atomic mass is 10.0. The van der Waals surface area contributed by atoms with E-state index in [0.29, 0.717) is 17.2 Å². The van der Waals surface area contributed by atoms with Gasteiger partial charge in [0.2, 0.25) is 0 Å². The molecule has 0 amide bonds. The van der Waals surface area contributed by atoms with Gasteiger partial charge in [-0.15, -0.1) is 12.4 Å². The molecular weight excluding hydrogens is 229 g/mol. The molecule has 2 N–H and O–H groups in total. The van der Waals surface area contributed by atoms with Crippen LogP contribution in [0.3, 0.4) is 0 Å². The molecule has 0 heterocycles. The van der Waals surface area contributed by atoms with Crippen molar-refractivity contribution in [2.45, 2.75) is 25.3 Å². The van der Waals surface area contributed by atoms with Crippen LogP contribution in [0.1, 0.15) is 30.9 Å². The van der Waals surface area contributed by atoms with Crippen LogP contribution in [0.2, 0.25) is 0 Å². The van der Waals surface area contributed by atoms with Gasteiger partial charge in [-0.1, -0.05) is 18.9 Å². The summed E-state index contributed by atoms with van der Waals surface area (Å²) in [6.07, 6.45) is 3.31. The summed E-state index contributed by atoms with van der Waals surface area (Å²) in [5.41, 5.74) is 6.51. The molecule has 2 nitrogen and oxygen atoms in total. The van der Waals surface area contributed by atoms with Crippen molar-refractivity contribution in [3.8, 4) is 5.75 Å². The van der Waals surface area contributed by atoms with E-state index in [1.807, 2.05) is 0 Å². The van der Waals surface area contributed by atoms with Gasteiger partial charge in [-0.2, -0.15) is 0 Å². The molecule has 2 rings (SSSR count). The number of halogens is 2. The molecule has 0 aromatic heterocycles. The van der Waals surface area contributed by atoms with Crippen molar-refractivity contribution in [3.63, 3.8) is 0 Å². The van der Waals surface area contributed by atoms with E-state index in [-0.39, 0.29) is 24.3 Å². The first-order chi connectivity index (χ1) is 7.22. The van der Waals surface area contributed by atoms with Crippen LogP contribution in [0, 0.1) is 11.7 Å². The molecule has 1 atom stereocenters. The molecule has 0 bridgehead atoms. The lowest BCUT2D eigenvalue weighted by Gasteiger charge is -2.16. The average Bonchev–Trinajstić information content (AvgIpc) is 3.00. The van der Waals surface area contributed by atoms with Crippen LogP contribution < -0.4 is 10.5 Å². The van der Waals surface area contributed by atoms with Gasteiger partial charge in [-0.25, -0.2) is 4.39 Å². The average molecular weight is 246 g/mol. The third-order valence-corrected chi connectivity index (χ3v) is 2.89. The molecule has 0 saturated heterocycles. The van der Waals surface area contributed by atoms with E-state index in [1.165, 1.54) is 18.9 Å². The standard InChI is InChI=1S/C12H16FNO.ClH/c1-15-11-4-2-3-9(13)12(11)10(14)7-8-5-6-8;/h2-4,8,10H,5-7,14H2,1H3;1H/t10-;/m1./s1. The number of rotatable bonds is 4. The van der Waals surface area contributed by atoms with E-state index in [9.17, 15) is 4.39 Å². The van der Waals surface area contributed by atoms with Crippen molar-refractivity contribution in [3.05, 3.63) is 29.6 Å². The van der Waals surface area contributed by atoms with Gasteiger partial charge >= 0.3 is 0 Å². The number of hydrogen-bond donors (Lipinski definition) is 1. The summed E-state index contributed by atoms with van der Waals surface area (Å²) in [5.74, 6) is 0.981. The Morgan fingerprint density at radius 3 is 2.75 bits per heavy atom. The molecule has 0 unspecified atom stereocenters. The Labute approximate surface area is 101 Å². The molecule has 0 radical (unpaired) electrons. The van der Waals surface area contributed by atoms with Gasteiger partial charge in [0.25, 0.3) is 0 Å². The second-order valence-corrected chi connectivity index (χ2v) is 4.14. The first-order valence-corrected chi connectivity index (χ1v) is 5.30. The fraction of sp³-hybridized carbons (Fsp3) is 0.500. The summed E-state index contributed by atoms with van der Waals surface area (Å²) in [5, 5.41) is 0. The van der Waals surface area contributed by atoms with Gasteiger partial charge in [-0.05, 0) is 24.5 Å². The summed E-state index contributed by atoms with van der Waals surface area (Å²) in [4.78, 5) is 0. The molecule has 1 saturated carbocycles. The van der Waals surface area contributed by atoms with E-state index >= 15 is 0 Å². The minimum Gasteiger partial charge on any atom is -0.496 e. The number of hydrogen-bond acceptors (Lipinski definition) is 2. The normalized spacial score (nSPS) is 16.4. The zero-order valence-corrected chi connectivity index (χ0v) is 10.1. The highest BCUT2D eigenvalue weighted by Crippen LogP contribution is 2.39. The molecule has 1 fully saturated rings. The molecule has 0 aliphatic heterocycles. The number of benzene rings is 1. The topological polar surface area (TPSA) is 35.2 Å². The molecule has 1 aliphatic rings. The van der Waals surface area contributed by atoms with Crippen molar-refractivity contribution in [1.82, 2.24) is 0 Å². The zero-order valence-electron chi connectivity index (χ0n) is 9.28. The van der Waals surface area contributed by atoms with E-state index in [0.717, 1.165) is 6.42 Å². The minimum absolute atomic E-state index is 0. The monoisotopic (exact) mass is 245 g/mol. The maximum absolute atomic E-state index is 13.6. The Morgan fingerprint density at radius 2 is 2.19 bits per heavy atom. The maximum atomic E-state index is 13.6. The third kappa shape index (κ3) is 2.86. The predicted octanol–water partition coefficient (Wildman–Crippen LogP) is 3.06. The van der Waals surface area contributed by atoms with Crippen molar-refractivity contribution in [2.24, 2.45) is 11.7 Å². The summed E-state index contributed by atoms with van der Waals surface area (Å²) < 4.78 is 18.7. The summed E-state index contributed by atoms with van der Waals surface area (Å²) in [6, 6.07) is 4.59. The highest BCUT2D eigenvalue weighted by atomic mass is 35.5. The Hall–Kier alpha value is -0.800. The fourth-order valence-corrected chi connectivity index (χ4v) is 1.89. The van der Waals surface area contributed by atoms with E-state index in [2.05, 4.69) is 0 Å². The first kappa shape index (κ1) is 13.3. The highest BCUT2D eigenvalue weighted by molar-refractivity contribution is 5.85. The minimum atomic E-state index is -0.262. The van der Waals surface area contributed by atoms with Crippen LogP contribution >= 0.6 is 12.4 Å². The van der Waals surface area contributed by atoms with Crippen molar-refractivity contribution >= 4 is 12.4 Å². The van der Waals surface area contributed by atoms with Crippen LogP contribution in [0.15, 0.2) is 18.2 Å². The first-order valence-electron chi connectivity index (χ1n) is 5.30. The number of methoxy groups -OCH3 is 1. The molecular formula is C12H17ClFNO. The van der Waals surface area contributed by atoms with E-state index < -0.39 is 0 Å². The van der Waals surface area contributed by atoms with Gasteiger partial charge in [0.05, 0.1) is 7.11 Å². The largest absolute Gasteiger partial charge is 0.496 e. The smallest absolute Gasteiger partial charge is 0.131 e. The quantitative estimate of drug-likeness (QED) is 0.885. The third-order valence-electron chi connectivity index (χ3n) is 2.89. The summed E-state index contributed by atoms with van der Waals surface area (Å²) in [6.45, 7) is 0. The summed E-state index contributed by atoms with van der Waals surface area (Å²) in [7, 11) is 1.54. The molecule has 1 aliphatic carbocycles. The van der Waals surface area contributed by atoms with Gasteiger partial charge < -0.3 is 10.5 Å². The lowest BCUT2D eigenvalue weighted by molar-refractivity contribution is 0.395. The van der Waals surface area contributed by atoms with Crippen LogP contribution in [-0.4, -0.2) is 7.11 Å². The van der Waals surface area contributed by atoms with Gasteiger partial charge in [0.15, 0.2) is 0 Å². The fourth-order valence-electron chi connectivity index (χ4n) is 1.89.